The average Bonchev–Trinajstić information content (AvgIpc) is 3.04. The molecule has 3 aromatic rings. The number of hydrogen-bond acceptors (Lipinski definition) is 3. The zero-order chi connectivity index (χ0) is 15.0. The van der Waals surface area contributed by atoms with Gasteiger partial charge in [0.05, 0.1) is 29.2 Å². The molecule has 1 aromatic carbocycles. The van der Waals surface area contributed by atoms with Crippen LogP contribution in [0.4, 0.5) is 0 Å². The molecule has 0 atom stereocenters. The molecule has 2 N–H and O–H groups in total. The molecule has 21 heavy (non-hydrogen) atoms. The van der Waals surface area contributed by atoms with Crippen molar-refractivity contribution in [3.8, 4) is 11.4 Å². The Balaban J connectivity index is 2.20. The Morgan fingerprint density at radius 1 is 1.33 bits per heavy atom. The maximum Gasteiger partial charge on any atom is 0.305 e. The Morgan fingerprint density at radius 2 is 2.10 bits per heavy atom. The minimum Gasteiger partial charge on any atom is -0.481 e. The highest BCUT2D eigenvalue weighted by molar-refractivity contribution is 5.82. The van der Waals surface area contributed by atoms with E-state index in [9.17, 15) is 4.79 Å². The number of aliphatic carboxylic acids is 1. The molecule has 0 aliphatic carbocycles. The predicted molar refractivity (Wildman–Crippen MR) is 79.0 cm³/mol. The van der Waals surface area contributed by atoms with Crippen LogP contribution < -0.4 is 0 Å². The predicted octanol–water partition coefficient (Wildman–Crippen LogP) is 2.52. The van der Waals surface area contributed by atoms with E-state index in [1.54, 1.807) is 12.4 Å². The monoisotopic (exact) mass is 284 g/mol. The van der Waals surface area contributed by atoms with Gasteiger partial charge >= 0.3 is 5.97 Å². The lowest BCUT2D eigenvalue weighted by Crippen LogP contribution is -2.06. The van der Waals surface area contributed by atoms with Crippen LogP contribution in [0, 0.1) is 13.8 Å². The van der Waals surface area contributed by atoms with Crippen LogP contribution >= 0.6 is 0 Å². The van der Waals surface area contributed by atoms with Crippen molar-refractivity contribution in [2.24, 2.45) is 0 Å². The summed E-state index contributed by atoms with van der Waals surface area (Å²) >= 11 is 0. The summed E-state index contributed by atoms with van der Waals surface area (Å²) < 4.78 is 1.95. The Morgan fingerprint density at radius 3 is 2.76 bits per heavy atom. The van der Waals surface area contributed by atoms with Crippen LogP contribution in [0.2, 0.25) is 0 Å². The second kappa shape index (κ2) is 5.05. The minimum atomic E-state index is -0.821. The average molecular weight is 284 g/mol. The van der Waals surface area contributed by atoms with Gasteiger partial charge in [-0.25, -0.2) is 4.98 Å². The summed E-state index contributed by atoms with van der Waals surface area (Å²) in [6.45, 7) is 4.47. The van der Waals surface area contributed by atoms with Gasteiger partial charge in [-0.1, -0.05) is 0 Å². The molecule has 0 spiro atoms. The molecule has 2 heterocycles. The van der Waals surface area contributed by atoms with Gasteiger partial charge in [0, 0.05) is 12.7 Å². The molecular weight excluding hydrogens is 268 g/mol. The lowest BCUT2D eigenvalue weighted by molar-refractivity contribution is -0.137. The summed E-state index contributed by atoms with van der Waals surface area (Å²) in [6.07, 6.45) is 3.51. The van der Waals surface area contributed by atoms with Gasteiger partial charge < -0.3 is 9.67 Å². The highest BCUT2D eigenvalue weighted by Crippen LogP contribution is 2.26. The number of aromatic amines is 1. The molecule has 0 fully saturated rings. The molecule has 0 aliphatic heterocycles. The van der Waals surface area contributed by atoms with E-state index in [1.165, 1.54) is 5.56 Å². The number of hydrogen-bond donors (Lipinski definition) is 2. The molecule has 108 valence electrons. The van der Waals surface area contributed by atoms with Gasteiger partial charge in [0.25, 0.3) is 0 Å². The Bertz CT molecular complexity index is 803. The molecule has 2 aromatic heterocycles. The number of fused-ring (bicyclic) bond motifs is 1. The second-order valence-electron chi connectivity index (χ2n) is 5.14. The SMILES string of the molecule is Cc1cc2nc(-c3cn[nH]c3)n(CCC(=O)O)c2cc1C. The Labute approximate surface area is 121 Å². The maximum atomic E-state index is 10.9. The van der Waals surface area contributed by atoms with E-state index in [2.05, 4.69) is 21.2 Å². The van der Waals surface area contributed by atoms with Gasteiger partial charge in [-0.05, 0) is 37.1 Å². The number of rotatable bonds is 4. The van der Waals surface area contributed by atoms with Gasteiger partial charge in [0.1, 0.15) is 5.82 Å². The fourth-order valence-electron chi connectivity index (χ4n) is 2.41. The number of carbonyl (C=O) groups is 1. The molecule has 6 nitrogen and oxygen atoms in total. The van der Waals surface area contributed by atoms with Gasteiger partial charge in [-0.15, -0.1) is 0 Å². The second-order valence-corrected chi connectivity index (χ2v) is 5.14. The number of aromatic nitrogens is 4. The number of aryl methyl sites for hydroxylation is 3. The van der Waals surface area contributed by atoms with Gasteiger partial charge in [0.15, 0.2) is 0 Å². The Hall–Kier alpha value is -2.63. The number of benzene rings is 1. The molecule has 0 aliphatic rings. The first-order chi connectivity index (χ1) is 10.1. The van der Waals surface area contributed by atoms with Crippen molar-refractivity contribution in [2.45, 2.75) is 26.8 Å². The third-order valence-electron chi connectivity index (χ3n) is 3.67. The van der Waals surface area contributed by atoms with E-state index >= 15 is 0 Å². The first-order valence-corrected chi connectivity index (χ1v) is 6.74. The van der Waals surface area contributed by atoms with Gasteiger partial charge in [-0.2, -0.15) is 5.10 Å². The normalized spacial score (nSPS) is 11.1. The first kappa shape index (κ1) is 13.4. The van der Waals surface area contributed by atoms with Crippen molar-refractivity contribution >= 4 is 17.0 Å². The van der Waals surface area contributed by atoms with Gasteiger partial charge in [-0.3, -0.25) is 9.89 Å². The van der Waals surface area contributed by atoms with E-state index in [0.29, 0.717) is 6.54 Å². The standard InChI is InChI=1S/C15H16N4O2/c1-9-5-12-13(6-10(9)2)19(4-3-14(20)21)15(18-12)11-7-16-17-8-11/h5-8H,3-4H2,1-2H3,(H,16,17)(H,20,21). The molecule has 0 bridgehead atoms. The van der Waals surface area contributed by atoms with Crippen LogP contribution in [0.1, 0.15) is 17.5 Å². The Kier molecular flexibility index (Phi) is 3.21. The molecule has 0 amide bonds. The van der Waals surface area contributed by atoms with E-state index in [4.69, 9.17) is 5.11 Å². The van der Waals surface area contributed by atoms with Crippen molar-refractivity contribution in [1.29, 1.82) is 0 Å². The number of imidazole rings is 1. The molecule has 0 saturated heterocycles. The number of carboxylic acids is 1. The van der Waals surface area contributed by atoms with E-state index in [-0.39, 0.29) is 6.42 Å². The van der Waals surface area contributed by atoms with Crippen LogP contribution in [-0.4, -0.2) is 30.8 Å². The lowest BCUT2D eigenvalue weighted by Gasteiger charge is -2.07. The van der Waals surface area contributed by atoms with Crippen molar-refractivity contribution in [1.82, 2.24) is 19.7 Å². The quantitative estimate of drug-likeness (QED) is 0.771. The smallest absolute Gasteiger partial charge is 0.305 e. The topological polar surface area (TPSA) is 83.8 Å². The van der Waals surface area contributed by atoms with Gasteiger partial charge in [0.2, 0.25) is 0 Å². The van der Waals surface area contributed by atoms with E-state index < -0.39 is 5.97 Å². The summed E-state index contributed by atoms with van der Waals surface area (Å²) in [7, 11) is 0. The minimum absolute atomic E-state index is 0.0588. The van der Waals surface area contributed by atoms with E-state index in [0.717, 1.165) is 28.0 Å². The third kappa shape index (κ3) is 2.40. The summed E-state index contributed by atoms with van der Waals surface area (Å²) in [4.78, 5) is 15.5. The number of nitrogens with one attached hydrogen (secondary N) is 1. The van der Waals surface area contributed by atoms with Crippen molar-refractivity contribution in [3.63, 3.8) is 0 Å². The van der Waals surface area contributed by atoms with Crippen LogP contribution in [-0.2, 0) is 11.3 Å². The molecule has 6 heteroatoms. The largest absolute Gasteiger partial charge is 0.481 e. The molecule has 0 saturated carbocycles. The van der Waals surface area contributed by atoms with Crippen LogP contribution in [0.25, 0.3) is 22.4 Å². The van der Waals surface area contributed by atoms with Crippen LogP contribution in [0.15, 0.2) is 24.5 Å². The summed E-state index contributed by atoms with van der Waals surface area (Å²) in [5.74, 6) is -0.0798. The maximum absolute atomic E-state index is 10.9. The molecule has 3 rings (SSSR count). The van der Waals surface area contributed by atoms with Crippen LogP contribution in [0.5, 0.6) is 0 Å². The first-order valence-electron chi connectivity index (χ1n) is 6.74. The highest BCUT2D eigenvalue weighted by Gasteiger charge is 2.15. The third-order valence-corrected chi connectivity index (χ3v) is 3.67. The summed E-state index contributed by atoms with van der Waals surface area (Å²) in [5, 5.41) is 15.7. The summed E-state index contributed by atoms with van der Waals surface area (Å²) in [5.41, 5.74) is 5.02. The summed E-state index contributed by atoms with van der Waals surface area (Å²) in [6, 6.07) is 4.09. The fourth-order valence-corrected chi connectivity index (χ4v) is 2.41. The van der Waals surface area contributed by atoms with Crippen molar-refractivity contribution < 1.29 is 9.90 Å². The van der Waals surface area contributed by atoms with Crippen molar-refractivity contribution in [2.75, 3.05) is 0 Å². The molecule has 0 radical (unpaired) electrons. The molecule has 0 unspecified atom stereocenters. The fraction of sp³-hybridized carbons (Fsp3) is 0.267. The highest BCUT2D eigenvalue weighted by atomic mass is 16.4. The number of carboxylic acid groups (broad SMARTS) is 1. The zero-order valence-electron chi connectivity index (χ0n) is 11.9. The lowest BCUT2D eigenvalue weighted by atomic mass is 10.1. The van der Waals surface area contributed by atoms with Crippen LogP contribution in [0.3, 0.4) is 0 Å². The zero-order valence-corrected chi connectivity index (χ0v) is 11.9. The van der Waals surface area contributed by atoms with E-state index in [1.807, 2.05) is 24.5 Å². The number of H-pyrrole nitrogens is 1. The van der Waals surface area contributed by atoms with Crippen molar-refractivity contribution in [3.05, 3.63) is 35.7 Å². The number of nitrogens with zero attached hydrogens (tertiary/aromatic N) is 3. The molecular formula is C15H16N4O2.